The number of amidine groups is 1. The van der Waals surface area contributed by atoms with Crippen molar-refractivity contribution >= 4 is 24.8 Å². The number of nitrogens with zero attached hydrogens (tertiary/aromatic N) is 2. The van der Waals surface area contributed by atoms with Crippen molar-refractivity contribution in [3.63, 3.8) is 0 Å². The van der Waals surface area contributed by atoms with Gasteiger partial charge >= 0.3 is 0 Å². The molecule has 1 saturated heterocycles. The van der Waals surface area contributed by atoms with E-state index >= 15 is 0 Å². The van der Waals surface area contributed by atoms with Gasteiger partial charge in [-0.15, -0.1) is 0 Å². The Labute approximate surface area is 124 Å². The van der Waals surface area contributed by atoms with E-state index in [4.69, 9.17) is 4.99 Å². The smallest absolute Gasteiger partial charge is 0.160 e. The second-order valence-electron chi connectivity index (χ2n) is 6.77. The van der Waals surface area contributed by atoms with Crippen LogP contribution in [-0.4, -0.2) is 41.3 Å². The first-order chi connectivity index (χ1) is 9.00. The lowest BCUT2D eigenvalue weighted by Crippen LogP contribution is -2.43. The van der Waals surface area contributed by atoms with Gasteiger partial charge in [-0.25, -0.2) is 0 Å². The van der Waals surface area contributed by atoms with Gasteiger partial charge < -0.3 is 4.90 Å². The van der Waals surface area contributed by atoms with E-state index in [2.05, 4.69) is 52.2 Å². The fourth-order valence-electron chi connectivity index (χ4n) is 3.44. The van der Waals surface area contributed by atoms with E-state index in [1.807, 2.05) is 0 Å². The first kappa shape index (κ1) is 15.3. The van der Waals surface area contributed by atoms with E-state index in [1.54, 1.807) is 0 Å². The van der Waals surface area contributed by atoms with Crippen LogP contribution in [0.2, 0.25) is 5.82 Å². The molecule has 2 nitrogen and oxygen atoms in total. The van der Waals surface area contributed by atoms with Gasteiger partial charge in [0.1, 0.15) is 7.85 Å². The highest BCUT2D eigenvalue weighted by atomic mass is 32.2. The van der Waals surface area contributed by atoms with Crippen LogP contribution in [0.5, 0.6) is 0 Å². The molecular weight excluding hydrogens is 251 g/mol. The molecule has 0 aromatic heterocycles. The Kier molecular flexibility index (Phi) is 5.27. The maximum Gasteiger partial charge on any atom is 0.160 e. The fraction of sp³-hybridized carbons (Fsp3) is 0.933. The minimum Gasteiger partial charge on any atom is -0.345 e. The molecular formula is C15H29BN2S. The molecule has 1 saturated carbocycles. The number of hydrogen-bond donors (Lipinski definition) is 0. The van der Waals surface area contributed by atoms with Crippen LogP contribution in [0.1, 0.15) is 59.8 Å². The lowest BCUT2D eigenvalue weighted by atomic mass is 9.75. The zero-order chi connectivity index (χ0) is 14.0. The number of rotatable bonds is 2. The standard InChI is InChI=1S/C15H29BN2S/c1-10(2)17-15-18(11(3)4)13-9-7-5-6-8-12(16)14(13)19-15/h10-14H,5-9,16H2,1-4H3/b17-15-. The van der Waals surface area contributed by atoms with Crippen molar-refractivity contribution in [1.29, 1.82) is 0 Å². The van der Waals surface area contributed by atoms with Gasteiger partial charge in [-0.05, 0) is 34.1 Å². The quantitative estimate of drug-likeness (QED) is 0.721. The number of fused-ring (bicyclic) bond motifs is 1. The molecule has 2 fully saturated rings. The largest absolute Gasteiger partial charge is 0.345 e. The molecule has 3 unspecified atom stereocenters. The summed E-state index contributed by atoms with van der Waals surface area (Å²) in [5, 5.41) is 2.08. The molecule has 2 rings (SSSR count). The fourth-order valence-corrected chi connectivity index (χ4v) is 5.22. The molecule has 0 radical (unpaired) electrons. The van der Waals surface area contributed by atoms with Gasteiger partial charge in [-0.1, -0.05) is 43.3 Å². The molecule has 1 aliphatic carbocycles. The Morgan fingerprint density at radius 2 is 1.84 bits per heavy atom. The van der Waals surface area contributed by atoms with E-state index in [0.29, 0.717) is 12.1 Å². The van der Waals surface area contributed by atoms with Crippen molar-refractivity contribution in [2.75, 3.05) is 0 Å². The van der Waals surface area contributed by atoms with E-state index in [0.717, 1.165) is 17.1 Å². The molecule has 1 heterocycles. The van der Waals surface area contributed by atoms with Crippen molar-refractivity contribution in [3.8, 4) is 0 Å². The second-order valence-corrected chi connectivity index (χ2v) is 7.92. The first-order valence-corrected chi connectivity index (χ1v) is 8.91. The molecule has 3 atom stereocenters. The Bertz CT molecular complexity index is 330. The highest BCUT2D eigenvalue weighted by Crippen LogP contribution is 2.44. The minimum atomic E-state index is 0.406. The third kappa shape index (κ3) is 3.50. The van der Waals surface area contributed by atoms with Crippen molar-refractivity contribution in [1.82, 2.24) is 4.90 Å². The average molecular weight is 280 g/mol. The molecule has 0 bridgehead atoms. The molecule has 0 aromatic carbocycles. The molecule has 2 aliphatic rings. The van der Waals surface area contributed by atoms with Crippen molar-refractivity contribution in [3.05, 3.63) is 0 Å². The summed E-state index contributed by atoms with van der Waals surface area (Å²) in [5.74, 6) is 0.830. The SMILES string of the molecule is BC1CCCCCC2C1S/C(=N\C(C)C)N2C(C)C. The summed E-state index contributed by atoms with van der Waals surface area (Å²) in [6.07, 6.45) is 6.99. The van der Waals surface area contributed by atoms with Gasteiger partial charge in [0.15, 0.2) is 5.17 Å². The lowest BCUT2D eigenvalue weighted by molar-refractivity contribution is 0.239. The summed E-state index contributed by atoms with van der Waals surface area (Å²) >= 11 is 2.07. The monoisotopic (exact) mass is 280 g/mol. The molecule has 0 aromatic rings. The summed E-state index contributed by atoms with van der Waals surface area (Å²) in [6, 6.07) is 1.70. The van der Waals surface area contributed by atoms with Gasteiger partial charge in [0.05, 0.1) is 0 Å². The molecule has 19 heavy (non-hydrogen) atoms. The molecule has 0 amide bonds. The Morgan fingerprint density at radius 3 is 2.47 bits per heavy atom. The van der Waals surface area contributed by atoms with E-state index in [9.17, 15) is 0 Å². The maximum absolute atomic E-state index is 4.90. The molecule has 0 spiro atoms. The molecule has 0 N–H and O–H groups in total. The summed E-state index contributed by atoms with van der Waals surface area (Å²) < 4.78 is 0. The van der Waals surface area contributed by atoms with Gasteiger partial charge in [-0.3, -0.25) is 4.99 Å². The van der Waals surface area contributed by atoms with E-state index in [-0.39, 0.29) is 0 Å². The zero-order valence-corrected chi connectivity index (χ0v) is 14.0. The van der Waals surface area contributed by atoms with Crippen LogP contribution in [0.15, 0.2) is 4.99 Å². The van der Waals surface area contributed by atoms with E-state index in [1.165, 1.54) is 37.3 Å². The predicted molar refractivity (Wildman–Crippen MR) is 90.1 cm³/mol. The van der Waals surface area contributed by atoms with Gasteiger partial charge in [0.25, 0.3) is 0 Å². The molecule has 1 aliphatic heterocycles. The van der Waals surface area contributed by atoms with Crippen LogP contribution in [-0.2, 0) is 0 Å². The van der Waals surface area contributed by atoms with Crippen LogP contribution >= 0.6 is 11.8 Å². The number of hydrogen-bond acceptors (Lipinski definition) is 2. The average Bonchev–Trinajstić information content (AvgIpc) is 2.63. The van der Waals surface area contributed by atoms with Crippen LogP contribution in [0.25, 0.3) is 0 Å². The lowest BCUT2D eigenvalue weighted by Gasteiger charge is -2.35. The molecule has 108 valence electrons. The van der Waals surface area contributed by atoms with Crippen LogP contribution in [0.3, 0.4) is 0 Å². The van der Waals surface area contributed by atoms with Crippen LogP contribution < -0.4 is 0 Å². The third-order valence-corrected chi connectivity index (χ3v) is 5.92. The highest BCUT2D eigenvalue weighted by molar-refractivity contribution is 8.14. The minimum absolute atomic E-state index is 0.406. The van der Waals surface area contributed by atoms with Gasteiger partial charge in [-0.2, -0.15) is 0 Å². The third-order valence-electron chi connectivity index (χ3n) is 4.34. The summed E-state index contributed by atoms with van der Waals surface area (Å²) in [4.78, 5) is 7.53. The Hall–Kier alpha value is -0.115. The summed E-state index contributed by atoms with van der Waals surface area (Å²) in [7, 11) is 2.45. The summed E-state index contributed by atoms with van der Waals surface area (Å²) in [6.45, 7) is 9.02. The van der Waals surface area contributed by atoms with Crippen LogP contribution in [0, 0.1) is 0 Å². The Morgan fingerprint density at radius 1 is 1.16 bits per heavy atom. The van der Waals surface area contributed by atoms with E-state index < -0.39 is 0 Å². The second kappa shape index (κ2) is 6.56. The Balaban J connectivity index is 2.25. The van der Waals surface area contributed by atoms with Gasteiger partial charge in [0.2, 0.25) is 0 Å². The zero-order valence-electron chi connectivity index (χ0n) is 13.2. The number of aliphatic imine (C=N–C) groups is 1. The molecule has 4 heteroatoms. The first-order valence-electron chi connectivity index (χ1n) is 8.03. The number of thioether (sulfide) groups is 1. The van der Waals surface area contributed by atoms with Crippen molar-refractivity contribution < 1.29 is 0 Å². The van der Waals surface area contributed by atoms with Crippen molar-refractivity contribution in [2.45, 2.75) is 89.0 Å². The topological polar surface area (TPSA) is 15.6 Å². The maximum atomic E-state index is 4.90. The summed E-state index contributed by atoms with van der Waals surface area (Å²) in [5.41, 5.74) is 0. The predicted octanol–water partition coefficient (Wildman–Crippen LogP) is 3.33. The van der Waals surface area contributed by atoms with Crippen molar-refractivity contribution in [2.24, 2.45) is 4.99 Å². The van der Waals surface area contributed by atoms with Gasteiger partial charge in [0, 0.05) is 23.4 Å². The van der Waals surface area contributed by atoms with Crippen LogP contribution in [0.4, 0.5) is 0 Å². The highest BCUT2D eigenvalue weighted by Gasteiger charge is 2.42. The normalized spacial score (nSPS) is 34.7.